The van der Waals surface area contributed by atoms with E-state index in [2.05, 4.69) is 15.2 Å². The molecule has 0 atom stereocenters. The van der Waals surface area contributed by atoms with Gasteiger partial charge in [-0.05, 0) is 25.1 Å². The van der Waals surface area contributed by atoms with Gasteiger partial charge in [-0.25, -0.2) is 13.4 Å². The monoisotopic (exact) mass is 392 g/mol. The lowest BCUT2D eigenvalue weighted by Gasteiger charge is -2.17. The molecule has 27 heavy (non-hydrogen) atoms. The number of hydrogen-bond donors (Lipinski definition) is 1. The largest absolute Gasteiger partial charge is 0.504 e. The summed E-state index contributed by atoms with van der Waals surface area (Å²) in [4.78, 5) is 4.16. The van der Waals surface area contributed by atoms with Crippen molar-refractivity contribution in [2.45, 2.75) is 32.2 Å². The highest BCUT2D eigenvalue weighted by Crippen LogP contribution is 2.30. The number of sulfonamides is 1. The molecule has 0 amide bonds. The van der Waals surface area contributed by atoms with Crippen LogP contribution in [0.25, 0.3) is 0 Å². The zero-order chi connectivity index (χ0) is 19.9. The molecule has 1 heterocycles. The zero-order valence-electron chi connectivity index (χ0n) is 15.7. The molecule has 0 saturated heterocycles. The van der Waals surface area contributed by atoms with Crippen molar-refractivity contribution in [3.05, 3.63) is 42.1 Å². The molecule has 1 N–H and O–H groups in total. The smallest absolute Gasteiger partial charge is 0.244 e. The lowest BCUT2D eigenvalue weighted by molar-refractivity contribution is 0.316. The summed E-state index contributed by atoms with van der Waals surface area (Å²) in [5.74, 6) is 0.718. The third-order valence-corrected chi connectivity index (χ3v) is 5.89. The molecule has 9 heteroatoms. The van der Waals surface area contributed by atoms with Crippen molar-refractivity contribution < 1.29 is 18.3 Å². The SMILES string of the molecule is CCOc1cccc(CN=Nc2ccc(S(=O)(=O)N(CC)CC)cn2)c1O. The summed E-state index contributed by atoms with van der Waals surface area (Å²) in [6.07, 6.45) is 1.27. The number of aromatic hydroxyl groups is 1. The maximum Gasteiger partial charge on any atom is 0.244 e. The lowest BCUT2D eigenvalue weighted by atomic mass is 10.2. The van der Waals surface area contributed by atoms with Crippen LogP contribution in [0, 0.1) is 0 Å². The second-order valence-corrected chi connectivity index (χ2v) is 7.48. The van der Waals surface area contributed by atoms with E-state index < -0.39 is 10.0 Å². The van der Waals surface area contributed by atoms with E-state index in [1.54, 1.807) is 32.0 Å². The minimum Gasteiger partial charge on any atom is -0.504 e. The van der Waals surface area contributed by atoms with Gasteiger partial charge in [-0.1, -0.05) is 26.0 Å². The van der Waals surface area contributed by atoms with Crippen molar-refractivity contribution in [1.29, 1.82) is 0 Å². The third kappa shape index (κ3) is 5.01. The van der Waals surface area contributed by atoms with E-state index in [-0.39, 0.29) is 23.0 Å². The third-order valence-electron chi connectivity index (χ3n) is 3.86. The number of phenols is 1. The molecular weight excluding hydrogens is 368 g/mol. The van der Waals surface area contributed by atoms with Gasteiger partial charge in [-0.2, -0.15) is 9.42 Å². The number of rotatable bonds is 9. The van der Waals surface area contributed by atoms with Gasteiger partial charge >= 0.3 is 0 Å². The molecule has 0 aliphatic carbocycles. The predicted molar refractivity (Wildman–Crippen MR) is 102 cm³/mol. The summed E-state index contributed by atoms with van der Waals surface area (Å²) < 4.78 is 31.5. The molecule has 1 aromatic carbocycles. The highest BCUT2D eigenvalue weighted by atomic mass is 32.2. The Morgan fingerprint density at radius 1 is 1.15 bits per heavy atom. The van der Waals surface area contributed by atoms with Gasteiger partial charge in [0.1, 0.15) is 4.90 Å². The second kappa shape index (κ2) is 9.43. The van der Waals surface area contributed by atoms with Crippen LogP contribution in [0.5, 0.6) is 11.5 Å². The molecule has 1 aromatic heterocycles. The topological polar surface area (TPSA) is 104 Å². The Balaban J connectivity index is 2.10. The van der Waals surface area contributed by atoms with E-state index in [9.17, 15) is 13.5 Å². The molecule has 0 radical (unpaired) electrons. The first-order valence-electron chi connectivity index (χ1n) is 8.71. The Morgan fingerprint density at radius 2 is 1.89 bits per heavy atom. The van der Waals surface area contributed by atoms with Crippen LogP contribution in [-0.2, 0) is 16.6 Å². The summed E-state index contributed by atoms with van der Waals surface area (Å²) in [7, 11) is -3.55. The summed E-state index contributed by atoms with van der Waals surface area (Å²) in [6.45, 7) is 6.79. The van der Waals surface area contributed by atoms with Gasteiger partial charge in [0.25, 0.3) is 0 Å². The Hall–Kier alpha value is -2.52. The number of hydrogen-bond acceptors (Lipinski definition) is 7. The van der Waals surface area contributed by atoms with Gasteiger partial charge in [0.15, 0.2) is 17.3 Å². The molecule has 146 valence electrons. The van der Waals surface area contributed by atoms with Crippen molar-refractivity contribution in [3.63, 3.8) is 0 Å². The van der Waals surface area contributed by atoms with Gasteiger partial charge in [-0.3, -0.25) is 0 Å². The lowest BCUT2D eigenvalue weighted by Crippen LogP contribution is -2.30. The molecule has 2 rings (SSSR count). The summed E-state index contributed by atoms with van der Waals surface area (Å²) in [5.41, 5.74) is 0.574. The number of para-hydroxylation sites is 1. The van der Waals surface area contributed by atoms with Crippen molar-refractivity contribution in [1.82, 2.24) is 9.29 Å². The molecule has 0 unspecified atom stereocenters. The minimum absolute atomic E-state index is 0.0342. The minimum atomic E-state index is -3.55. The molecule has 2 aromatic rings. The maximum absolute atomic E-state index is 12.4. The van der Waals surface area contributed by atoms with Crippen molar-refractivity contribution in [2.24, 2.45) is 10.2 Å². The average molecular weight is 392 g/mol. The van der Waals surface area contributed by atoms with Crippen LogP contribution in [0.4, 0.5) is 5.82 Å². The van der Waals surface area contributed by atoms with Gasteiger partial charge in [-0.15, -0.1) is 5.11 Å². The first kappa shape index (κ1) is 20.8. The number of phenolic OH excluding ortho intramolecular Hbond substituents is 1. The van der Waals surface area contributed by atoms with E-state index in [0.29, 0.717) is 31.0 Å². The molecule has 8 nitrogen and oxygen atoms in total. The Morgan fingerprint density at radius 3 is 2.48 bits per heavy atom. The van der Waals surface area contributed by atoms with E-state index in [0.717, 1.165) is 0 Å². The molecule has 0 aliphatic heterocycles. The molecule has 0 spiro atoms. The quantitative estimate of drug-likeness (QED) is 0.658. The standard InChI is InChI=1S/C18H24N4O4S/c1-4-22(5-2)27(24,25)15-10-11-17(19-13-15)21-20-12-14-8-7-9-16(18(14)23)26-6-3/h7-11,13,23H,4-6,12H2,1-3H3. The van der Waals surface area contributed by atoms with E-state index in [1.807, 2.05) is 6.92 Å². The van der Waals surface area contributed by atoms with Gasteiger partial charge in [0, 0.05) is 24.8 Å². The van der Waals surface area contributed by atoms with E-state index >= 15 is 0 Å². The summed E-state index contributed by atoms with van der Waals surface area (Å²) in [6, 6.07) is 8.12. The summed E-state index contributed by atoms with van der Waals surface area (Å²) in [5, 5.41) is 18.1. The molecule has 0 fully saturated rings. The van der Waals surface area contributed by atoms with Gasteiger partial charge in [0.05, 0.1) is 13.2 Å². The van der Waals surface area contributed by atoms with E-state index in [1.165, 1.54) is 22.6 Å². The predicted octanol–water partition coefficient (Wildman–Crippen LogP) is 3.50. The number of ether oxygens (including phenoxy) is 1. The van der Waals surface area contributed by atoms with Crippen molar-refractivity contribution in [3.8, 4) is 11.5 Å². The van der Waals surface area contributed by atoms with Gasteiger partial charge < -0.3 is 9.84 Å². The fourth-order valence-corrected chi connectivity index (χ4v) is 3.85. The van der Waals surface area contributed by atoms with Crippen LogP contribution in [0.15, 0.2) is 51.7 Å². The molecular formula is C18H24N4O4S. The highest BCUT2D eigenvalue weighted by molar-refractivity contribution is 7.89. The summed E-state index contributed by atoms with van der Waals surface area (Å²) >= 11 is 0. The maximum atomic E-state index is 12.4. The number of azo groups is 1. The van der Waals surface area contributed by atoms with Crippen LogP contribution < -0.4 is 4.74 Å². The Kier molecular flexibility index (Phi) is 7.26. The number of nitrogens with zero attached hydrogens (tertiary/aromatic N) is 4. The van der Waals surface area contributed by atoms with Gasteiger partial charge in [0.2, 0.25) is 10.0 Å². The number of pyridine rings is 1. The first-order valence-corrected chi connectivity index (χ1v) is 10.1. The molecule has 0 bridgehead atoms. The van der Waals surface area contributed by atoms with Crippen LogP contribution in [0.3, 0.4) is 0 Å². The Bertz CT molecular complexity index is 879. The fourth-order valence-electron chi connectivity index (χ4n) is 2.45. The fraction of sp³-hybridized carbons (Fsp3) is 0.389. The van der Waals surface area contributed by atoms with E-state index in [4.69, 9.17) is 4.74 Å². The zero-order valence-corrected chi connectivity index (χ0v) is 16.5. The number of benzene rings is 1. The van der Waals surface area contributed by atoms with Crippen molar-refractivity contribution >= 4 is 15.8 Å². The van der Waals surface area contributed by atoms with Crippen LogP contribution in [-0.4, -0.2) is 42.5 Å². The first-order chi connectivity index (χ1) is 12.9. The van der Waals surface area contributed by atoms with Crippen molar-refractivity contribution in [2.75, 3.05) is 19.7 Å². The average Bonchev–Trinajstić information content (AvgIpc) is 2.66. The normalized spacial score (nSPS) is 12.0. The van der Waals surface area contributed by atoms with Crippen LogP contribution in [0.1, 0.15) is 26.3 Å². The van der Waals surface area contributed by atoms with Crippen LogP contribution in [0.2, 0.25) is 0 Å². The number of aromatic nitrogens is 1. The highest BCUT2D eigenvalue weighted by Gasteiger charge is 2.21. The molecule has 0 saturated carbocycles. The van der Waals surface area contributed by atoms with Crippen LogP contribution >= 0.6 is 0 Å². The second-order valence-electron chi connectivity index (χ2n) is 5.54. The molecule has 0 aliphatic rings. The Labute approximate surface area is 159 Å².